The van der Waals surface area contributed by atoms with Crippen LogP contribution in [0.25, 0.3) is 0 Å². The zero-order valence-corrected chi connectivity index (χ0v) is 13.0. The van der Waals surface area contributed by atoms with Crippen LogP contribution in [0.2, 0.25) is 0 Å². The second-order valence-corrected chi connectivity index (χ2v) is 5.84. The molecular formula is C17H26N2O2. The van der Waals surface area contributed by atoms with Crippen LogP contribution in [-0.4, -0.2) is 19.1 Å². The number of hydrogen-bond acceptors (Lipinski definition) is 3. The second kappa shape index (κ2) is 7.34. The normalized spacial score (nSPS) is 17.2. The molecule has 0 saturated heterocycles. The van der Waals surface area contributed by atoms with Gasteiger partial charge in [0.2, 0.25) is 0 Å². The molecule has 1 fully saturated rings. The number of methoxy groups -OCH3 is 1. The van der Waals surface area contributed by atoms with Crippen LogP contribution in [0.15, 0.2) is 18.2 Å². The first kappa shape index (κ1) is 15.7. The SMILES string of the molecule is CCC(NC(=O)c1ccc(N)c(OC)c1)C1CCCCC1. The van der Waals surface area contributed by atoms with Gasteiger partial charge in [0.05, 0.1) is 12.8 Å². The Morgan fingerprint density at radius 3 is 2.71 bits per heavy atom. The van der Waals surface area contributed by atoms with E-state index in [4.69, 9.17) is 10.5 Å². The lowest BCUT2D eigenvalue weighted by Crippen LogP contribution is -2.40. The maximum Gasteiger partial charge on any atom is 0.251 e. The topological polar surface area (TPSA) is 64.4 Å². The molecule has 0 spiro atoms. The summed E-state index contributed by atoms with van der Waals surface area (Å²) in [5, 5.41) is 3.19. The van der Waals surface area contributed by atoms with Crippen molar-refractivity contribution in [3.8, 4) is 5.75 Å². The average molecular weight is 290 g/mol. The van der Waals surface area contributed by atoms with Gasteiger partial charge < -0.3 is 15.8 Å². The zero-order chi connectivity index (χ0) is 15.2. The summed E-state index contributed by atoms with van der Waals surface area (Å²) >= 11 is 0. The van der Waals surface area contributed by atoms with E-state index in [9.17, 15) is 4.79 Å². The Hall–Kier alpha value is -1.71. The number of nitrogens with two attached hydrogens (primary N) is 1. The van der Waals surface area contributed by atoms with E-state index in [0.29, 0.717) is 22.9 Å². The maximum absolute atomic E-state index is 12.4. The Morgan fingerprint density at radius 1 is 1.38 bits per heavy atom. The van der Waals surface area contributed by atoms with Crippen molar-refractivity contribution in [1.29, 1.82) is 0 Å². The molecule has 0 bridgehead atoms. The number of hydrogen-bond donors (Lipinski definition) is 2. The standard InChI is InChI=1S/C17H26N2O2/c1-3-15(12-7-5-4-6-8-12)19-17(20)13-9-10-14(18)16(11-13)21-2/h9-12,15H,3-8,18H2,1-2H3,(H,19,20). The number of nitrogen functional groups attached to an aromatic ring is 1. The van der Waals surface area contributed by atoms with Crippen molar-refractivity contribution in [3.63, 3.8) is 0 Å². The van der Waals surface area contributed by atoms with Crippen molar-refractivity contribution < 1.29 is 9.53 Å². The molecule has 1 aliphatic carbocycles. The van der Waals surface area contributed by atoms with Crippen LogP contribution in [0, 0.1) is 5.92 Å². The molecule has 116 valence electrons. The van der Waals surface area contributed by atoms with E-state index >= 15 is 0 Å². The second-order valence-electron chi connectivity index (χ2n) is 5.84. The quantitative estimate of drug-likeness (QED) is 0.817. The predicted octanol–water partition coefficient (Wildman–Crippen LogP) is 3.37. The molecule has 1 aromatic rings. The first-order valence-corrected chi connectivity index (χ1v) is 7.90. The lowest BCUT2D eigenvalue weighted by Gasteiger charge is -2.30. The predicted molar refractivity (Wildman–Crippen MR) is 85.5 cm³/mol. The molecule has 4 nitrogen and oxygen atoms in total. The third-order valence-electron chi connectivity index (χ3n) is 4.47. The number of rotatable bonds is 5. The van der Waals surface area contributed by atoms with E-state index in [2.05, 4.69) is 12.2 Å². The Labute approximate surface area is 127 Å². The average Bonchev–Trinajstić information content (AvgIpc) is 2.53. The van der Waals surface area contributed by atoms with Crippen LogP contribution in [0.5, 0.6) is 5.75 Å². The van der Waals surface area contributed by atoms with Crippen LogP contribution in [-0.2, 0) is 0 Å². The fraction of sp³-hybridized carbons (Fsp3) is 0.588. The molecule has 0 radical (unpaired) electrons. The molecule has 3 N–H and O–H groups in total. The third kappa shape index (κ3) is 3.90. The van der Waals surface area contributed by atoms with E-state index in [0.717, 1.165) is 6.42 Å². The number of benzene rings is 1. The molecule has 21 heavy (non-hydrogen) atoms. The van der Waals surface area contributed by atoms with Gasteiger partial charge in [-0.05, 0) is 43.4 Å². The van der Waals surface area contributed by atoms with Crippen molar-refractivity contribution in [2.24, 2.45) is 5.92 Å². The third-order valence-corrected chi connectivity index (χ3v) is 4.47. The van der Waals surface area contributed by atoms with Crippen molar-refractivity contribution in [2.75, 3.05) is 12.8 Å². The van der Waals surface area contributed by atoms with Crippen LogP contribution in [0.4, 0.5) is 5.69 Å². The molecule has 0 aromatic heterocycles. The maximum atomic E-state index is 12.4. The van der Waals surface area contributed by atoms with Gasteiger partial charge in [-0.25, -0.2) is 0 Å². The van der Waals surface area contributed by atoms with Crippen LogP contribution < -0.4 is 15.8 Å². The highest BCUT2D eigenvalue weighted by molar-refractivity contribution is 5.95. The monoisotopic (exact) mass is 290 g/mol. The molecule has 1 amide bonds. The Kier molecular flexibility index (Phi) is 5.48. The zero-order valence-electron chi connectivity index (χ0n) is 13.0. The first-order chi connectivity index (χ1) is 10.2. The summed E-state index contributed by atoms with van der Waals surface area (Å²) in [5.41, 5.74) is 6.94. The van der Waals surface area contributed by atoms with E-state index in [1.807, 2.05) is 0 Å². The van der Waals surface area contributed by atoms with Crippen LogP contribution in [0.1, 0.15) is 55.8 Å². The lowest BCUT2D eigenvalue weighted by atomic mass is 9.83. The molecule has 0 heterocycles. The Morgan fingerprint density at radius 2 is 2.10 bits per heavy atom. The van der Waals surface area contributed by atoms with E-state index in [-0.39, 0.29) is 11.9 Å². The molecule has 1 aromatic carbocycles. The molecule has 1 unspecified atom stereocenters. The number of carbonyl (C=O) groups excluding carboxylic acids is 1. The molecule has 0 aliphatic heterocycles. The molecule has 1 saturated carbocycles. The van der Waals surface area contributed by atoms with Crippen molar-refractivity contribution in [1.82, 2.24) is 5.32 Å². The molecular weight excluding hydrogens is 264 g/mol. The van der Waals surface area contributed by atoms with Crippen molar-refractivity contribution >= 4 is 11.6 Å². The summed E-state index contributed by atoms with van der Waals surface area (Å²) in [6.45, 7) is 2.14. The van der Waals surface area contributed by atoms with Gasteiger partial charge in [0.15, 0.2) is 0 Å². The summed E-state index contributed by atoms with van der Waals surface area (Å²) in [6.07, 6.45) is 7.33. The highest BCUT2D eigenvalue weighted by atomic mass is 16.5. The van der Waals surface area contributed by atoms with Gasteiger partial charge in [0.1, 0.15) is 5.75 Å². The highest BCUT2D eigenvalue weighted by Gasteiger charge is 2.24. The van der Waals surface area contributed by atoms with E-state index in [1.54, 1.807) is 25.3 Å². The van der Waals surface area contributed by atoms with Gasteiger partial charge in [-0.15, -0.1) is 0 Å². The van der Waals surface area contributed by atoms with Gasteiger partial charge in [0, 0.05) is 11.6 Å². The fourth-order valence-electron chi connectivity index (χ4n) is 3.19. The largest absolute Gasteiger partial charge is 0.495 e. The van der Waals surface area contributed by atoms with Crippen LogP contribution in [0.3, 0.4) is 0 Å². The van der Waals surface area contributed by atoms with E-state index < -0.39 is 0 Å². The highest BCUT2D eigenvalue weighted by Crippen LogP contribution is 2.28. The minimum atomic E-state index is -0.0364. The molecule has 1 atom stereocenters. The smallest absolute Gasteiger partial charge is 0.251 e. The minimum Gasteiger partial charge on any atom is -0.495 e. The fourth-order valence-corrected chi connectivity index (χ4v) is 3.19. The van der Waals surface area contributed by atoms with Gasteiger partial charge in [-0.2, -0.15) is 0 Å². The van der Waals surface area contributed by atoms with Crippen molar-refractivity contribution in [2.45, 2.75) is 51.5 Å². The minimum absolute atomic E-state index is 0.0364. The first-order valence-electron chi connectivity index (χ1n) is 7.90. The summed E-state index contributed by atoms with van der Waals surface area (Å²) in [6, 6.07) is 5.44. The number of anilines is 1. The van der Waals surface area contributed by atoms with Gasteiger partial charge in [-0.3, -0.25) is 4.79 Å². The van der Waals surface area contributed by atoms with Crippen LogP contribution >= 0.6 is 0 Å². The van der Waals surface area contributed by atoms with Gasteiger partial charge in [-0.1, -0.05) is 26.2 Å². The lowest BCUT2D eigenvalue weighted by molar-refractivity contribution is 0.0911. The molecule has 2 rings (SSSR count). The number of carbonyl (C=O) groups is 1. The summed E-state index contributed by atoms with van der Waals surface area (Å²) in [5.74, 6) is 1.13. The van der Waals surface area contributed by atoms with Gasteiger partial charge in [0.25, 0.3) is 5.91 Å². The number of ether oxygens (including phenoxy) is 1. The summed E-state index contributed by atoms with van der Waals surface area (Å²) in [7, 11) is 1.56. The molecule has 4 heteroatoms. The Bertz CT molecular complexity index is 482. The number of nitrogens with one attached hydrogen (secondary N) is 1. The summed E-state index contributed by atoms with van der Waals surface area (Å²) < 4.78 is 5.18. The Balaban J connectivity index is 2.04. The molecule has 1 aliphatic rings. The van der Waals surface area contributed by atoms with E-state index in [1.165, 1.54) is 32.1 Å². The van der Waals surface area contributed by atoms with Crippen molar-refractivity contribution in [3.05, 3.63) is 23.8 Å². The summed E-state index contributed by atoms with van der Waals surface area (Å²) in [4.78, 5) is 12.4. The number of amides is 1. The van der Waals surface area contributed by atoms with Gasteiger partial charge >= 0.3 is 0 Å².